The predicted molar refractivity (Wildman–Crippen MR) is 72.1 cm³/mol. The van der Waals surface area contributed by atoms with Crippen molar-refractivity contribution in [3.05, 3.63) is 35.9 Å². The van der Waals surface area contributed by atoms with Crippen molar-refractivity contribution in [3.63, 3.8) is 0 Å². The molecule has 1 N–H and O–H groups in total. The van der Waals surface area contributed by atoms with E-state index < -0.39 is 0 Å². The second-order valence-electron chi connectivity index (χ2n) is 6.12. The van der Waals surface area contributed by atoms with E-state index in [9.17, 15) is 0 Å². The molecule has 0 heterocycles. The van der Waals surface area contributed by atoms with Crippen molar-refractivity contribution in [3.8, 4) is 0 Å². The fourth-order valence-electron chi connectivity index (χ4n) is 4.07. The lowest BCUT2D eigenvalue weighted by molar-refractivity contribution is 0.294. The first-order chi connectivity index (χ1) is 8.25. The van der Waals surface area contributed by atoms with Gasteiger partial charge in [-0.2, -0.15) is 0 Å². The molecule has 1 heteroatoms. The maximum Gasteiger partial charge on any atom is 0.0169 e. The summed E-state index contributed by atoms with van der Waals surface area (Å²) in [5, 5.41) is 3.82. The van der Waals surface area contributed by atoms with Crippen molar-refractivity contribution in [2.24, 2.45) is 11.8 Å². The molecule has 1 nitrogen and oxygen atoms in total. The van der Waals surface area contributed by atoms with Gasteiger partial charge in [0.25, 0.3) is 0 Å². The van der Waals surface area contributed by atoms with Gasteiger partial charge in [-0.3, -0.25) is 0 Å². The van der Waals surface area contributed by atoms with Crippen LogP contribution in [0.2, 0.25) is 0 Å². The Labute approximate surface area is 105 Å². The molecule has 92 valence electrons. The van der Waals surface area contributed by atoms with Crippen LogP contribution >= 0.6 is 0 Å². The second kappa shape index (κ2) is 4.45. The number of nitrogens with one attached hydrogen (secondary N) is 1. The van der Waals surface area contributed by atoms with Gasteiger partial charge in [0.15, 0.2) is 0 Å². The Morgan fingerprint density at radius 3 is 2.47 bits per heavy atom. The van der Waals surface area contributed by atoms with Gasteiger partial charge in [-0.25, -0.2) is 0 Å². The molecule has 0 amide bonds. The first kappa shape index (κ1) is 11.3. The van der Waals surface area contributed by atoms with Gasteiger partial charge in [-0.1, -0.05) is 44.2 Å². The summed E-state index contributed by atoms with van der Waals surface area (Å²) in [6.07, 6.45) is 4.34. The molecule has 0 saturated heterocycles. The Kier molecular flexibility index (Phi) is 2.96. The van der Waals surface area contributed by atoms with E-state index in [1.165, 1.54) is 19.3 Å². The molecule has 4 unspecified atom stereocenters. The van der Waals surface area contributed by atoms with Crippen LogP contribution in [-0.2, 0) is 0 Å². The topological polar surface area (TPSA) is 12.0 Å². The van der Waals surface area contributed by atoms with Gasteiger partial charge in [-0.05, 0) is 36.7 Å². The normalized spacial score (nSPS) is 35.7. The maximum atomic E-state index is 3.82. The van der Waals surface area contributed by atoms with E-state index in [0.717, 1.165) is 23.8 Å². The van der Waals surface area contributed by atoms with Crippen LogP contribution in [0.4, 0.5) is 0 Å². The van der Waals surface area contributed by atoms with Crippen LogP contribution < -0.4 is 5.32 Å². The minimum Gasteiger partial charge on any atom is -0.311 e. The maximum absolute atomic E-state index is 3.82. The SMILES string of the molecule is CC(C)NC1C2CCC(C2)C1c1ccccc1. The van der Waals surface area contributed by atoms with Crippen LogP contribution in [0, 0.1) is 11.8 Å². The Hall–Kier alpha value is -0.820. The molecule has 2 aliphatic rings. The molecule has 1 aromatic rings. The molecule has 2 bridgehead atoms. The highest BCUT2D eigenvalue weighted by Gasteiger charge is 2.47. The van der Waals surface area contributed by atoms with E-state index >= 15 is 0 Å². The number of rotatable bonds is 3. The molecular weight excluding hydrogens is 206 g/mol. The first-order valence-electron chi connectivity index (χ1n) is 7.06. The van der Waals surface area contributed by atoms with Crippen molar-refractivity contribution in [1.29, 1.82) is 0 Å². The highest BCUT2D eigenvalue weighted by molar-refractivity contribution is 5.26. The summed E-state index contributed by atoms with van der Waals surface area (Å²) in [5.41, 5.74) is 1.55. The molecule has 2 saturated carbocycles. The Morgan fingerprint density at radius 2 is 1.76 bits per heavy atom. The largest absolute Gasteiger partial charge is 0.311 e. The zero-order chi connectivity index (χ0) is 11.8. The summed E-state index contributed by atoms with van der Waals surface area (Å²) < 4.78 is 0. The van der Waals surface area contributed by atoms with E-state index in [2.05, 4.69) is 49.5 Å². The highest BCUT2D eigenvalue weighted by Crippen LogP contribution is 2.53. The molecule has 17 heavy (non-hydrogen) atoms. The highest BCUT2D eigenvalue weighted by atomic mass is 15.0. The first-order valence-corrected chi connectivity index (χ1v) is 7.06. The van der Waals surface area contributed by atoms with Crippen molar-refractivity contribution >= 4 is 0 Å². The Bertz CT molecular complexity index is 370. The summed E-state index contributed by atoms with van der Waals surface area (Å²) in [6.45, 7) is 4.54. The molecule has 0 aromatic heterocycles. The smallest absolute Gasteiger partial charge is 0.0169 e. The molecule has 0 spiro atoms. The molecule has 0 radical (unpaired) electrons. The van der Waals surface area contributed by atoms with E-state index in [1.807, 2.05) is 0 Å². The summed E-state index contributed by atoms with van der Waals surface area (Å²) in [5.74, 6) is 2.61. The summed E-state index contributed by atoms with van der Waals surface area (Å²) in [6, 6.07) is 12.5. The van der Waals surface area contributed by atoms with Gasteiger partial charge in [0, 0.05) is 18.0 Å². The fraction of sp³-hybridized carbons (Fsp3) is 0.625. The number of hydrogen-bond acceptors (Lipinski definition) is 1. The lowest BCUT2D eigenvalue weighted by Crippen LogP contribution is -2.42. The average molecular weight is 229 g/mol. The van der Waals surface area contributed by atoms with Crippen molar-refractivity contribution in [2.45, 2.75) is 51.1 Å². The van der Waals surface area contributed by atoms with Crippen molar-refractivity contribution < 1.29 is 0 Å². The molecule has 2 fully saturated rings. The third-order valence-corrected chi connectivity index (χ3v) is 4.63. The van der Waals surface area contributed by atoms with Crippen molar-refractivity contribution in [2.75, 3.05) is 0 Å². The standard InChI is InChI=1S/C16H23N/c1-11(2)17-16-14-9-8-13(10-14)15(16)12-6-4-3-5-7-12/h3-7,11,13-17H,8-10H2,1-2H3. The number of fused-ring (bicyclic) bond motifs is 2. The molecule has 1 aromatic carbocycles. The van der Waals surface area contributed by atoms with E-state index in [0.29, 0.717) is 6.04 Å². The van der Waals surface area contributed by atoms with E-state index in [-0.39, 0.29) is 0 Å². The minimum atomic E-state index is 0.602. The molecular formula is C16H23N. The van der Waals surface area contributed by atoms with Crippen LogP contribution in [0.15, 0.2) is 30.3 Å². The average Bonchev–Trinajstić information content (AvgIpc) is 2.90. The van der Waals surface area contributed by atoms with Crippen molar-refractivity contribution in [1.82, 2.24) is 5.32 Å². The molecule has 2 aliphatic carbocycles. The number of hydrogen-bond donors (Lipinski definition) is 1. The third kappa shape index (κ3) is 2.01. The molecule has 0 aliphatic heterocycles. The lowest BCUT2D eigenvalue weighted by Gasteiger charge is -2.33. The molecule has 3 rings (SSSR count). The second-order valence-corrected chi connectivity index (χ2v) is 6.12. The van der Waals surface area contributed by atoms with Crippen LogP contribution in [0.1, 0.15) is 44.6 Å². The third-order valence-electron chi connectivity index (χ3n) is 4.63. The quantitative estimate of drug-likeness (QED) is 0.835. The van der Waals surface area contributed by atoms with Gasteiger partial charge in [0.05, 0.1) is 0 Å². The molecule has 4 atom stereocenters. The van der Waals surface area contributed by atoms with Crippen LogP contribution in [-0.4, -0.2) is 12.1 Å². The van der Waals surface area contributed by atoms with E-state index in [4.69, 9.17) is 0 Å². The van der Waals surface area contributed by atoms with Gasteiger partial charge in [0.1, 0.15) is 0 Å². The van der Waals surface area contributed by atoms with Gasteiger partial charge >= 0.3 is 0 Å². The van der Waals surface area contributed by atoms with Crippen LogP contribution in [0.3, 0.4) is 0 Å². The zero-order valence-corrected chi connectivity index (χ0v) is 10.9. The predicted octanol–water partition coefficient (Wildman–Crippen LogP) is 3.57. The van der Waals surface area contributed by atoms with Crippen LogP contribution in [0.5, 0.6) is 0 Å². The van der Waals surface area contributed by atoms with Crippen LogP contribution in [0.25, 0.3) is 0 Å². The van der Waals surface area contributed by atoms with Gasteiger partial charge < -0.3 is 5.32 Å². The summed E-state index contributed by atoms with van der Waals surface area (Å²) >= 11 is 0. The number of benzene rings is 1. The fourth-order valence-corrected chi connectivity index (χ4v) is 4.07. The summed E-state index contributed by atoms with van der Waals surface area (Å²) in [4.78, 5) is 0. The van der Waals surface area contributed by atoms with Gasteiger partial charge in [-0.15, -0.1) is 0 Å². The van der Waals surface area contributed by atoms with Gasteiger partial charge in [0.2, 0.25) is 0 Å². The monoisotopic (exact) mass is 229 g/mol. The zero-order valence-electron chi connectivity index (χ0n) is 10.9. The summed E-state index contributed by atoms with van der Waals surface area (Å²) in [7, 11) is 0. The van der Waals surface area contributed by atoms with E-state index in [1.54, 1.807) is 5.56 Å². The minimum absolute atomic E-state index is 0.602. The lowest BCUT2D eigenvalue weighted by atomic mass is 9.79. The Morgan fingerprint density at radius 1 is 1.06 bits per heavy atom. The Balaban J connectivity index is 1.86.